The van der Waals surface area contributed by atoms with E-state index in [1.54, 1.807) is 6.20 Å². The molecule has 1 aromatic heterocycles. The first kappa shape index (κ1) is 16.5. The second kappa shape index (κ2) is 6.92. The zero-order valence-corrected chi connectivity index (χ0v) is 14.8. The number of nitrogens with two attached hydrogens (primary N) is 1. The molecule has 0 bridgehead atoms. The Hall–Kier alpha value is -0.880. The van der Waals surface area contributed by atoms with Crippen LogP contribution >= 0.6 is 27.5 Å². The highest BCUT2D eigenvalue weighted by Crippen LogP contribution is 2.28. The van der Waals surface area contributed by atoms with Gasteiger partial charge in [-0.15, -0.1) is 0 Å². The molecular weight excluding hydrogens is 352 g/mol. The first-order valence-electron chi connectivity index (χ1n) is 6.77. The molecule has 6 heteroatoms. The van der Waals surface area contributed by atoms with E-state index in [0.717, 1.165) is 34.4 Å². The van der Waals surface area contributed by atoms with Crippen molar-refractivity contribution in [3.8, 4) is 0 Å². The molecule has 0 spiro atoms. The molecule has 1 heterocycles. The monoisotopic (exact) mass is 370 g/mol. The van der Waals surface area contributed by atoms with E-state index in [0.29, 0.717) is 5.02 Å². The minimum absolute atomic E-state index is 0.293. The van der Waals surface area contributed by atoms with Gasteiger partial charge in [-0.05, 0) is 44.3 Å². The van der Waals surface area contributed by atoms with Crippen LogP contribution in [0, 0.1) is 6.92 Å². The SMILES string of the molecule is Cc1cc(Br)cc(C(N)c2c(Cl)cnn2CCN(C)C)c1. The van der Waals surface area contributed by atoms with Crippen LogP contribution in [0.4, 0.5) is 0 Å². The fourth-order valence-corrected chi connectivity index (χ4v) is 3.14. The van der Waals surface area contributed by atoms with E-state index in [1.165, 1.54) is 0 Å². The van der Waals surface area contributed by atoms with Crippen molar-refractivity contribution in [1.29, 1.82) is 0 Å². The van der Waals surface area contributed by atoms with Gasteiger partial charge in [0, 0.05) is 11.0 Å². The Morgan fingerprint density at radius 2 is 2.10 bits per heavy atom. The third-order valence-corrected chi connectivity index (χ3v) is 4.06. The maximum atomic E-state index is 6.43. The molecular formula is C15H20BrClN4. The summed E-state index contributed by atoms with van der Waals surface area (Å²) in [5, 5.41) is 4.96. The van der Waals surface area contributed by atoms with Gasteiger partial charge in [0.1, 0.15) is 0 Å². The third kappa shape index (κ3) is 4.07. The maximum Gasteiger partial charge on any atom is 0.0837 e. The topological polar surface area (TPSA) is 47.1 Å². The molecule has 0 aliphatic heterocycles. The van der Waals surface area contributed by atoms with Crippen molar-refractivity contribution >= 4 is 27.5 Å². The van der Waals surface area contributed by atoms with Gasteiger partial charge in [0.05, 0.1) is 29.5 Å². The van der Waals surface area contributed by atoms with Crippen LogP contribution in [-0.2, 0) is 6.54 Å². The molecule has 0 radical (unpaired) electrons. The fourth-order valence-electron chi connectivity index (χ4n) is 2.26. The molecule has 114 valence electrons. The third-order valence-electron chi connectivity index (χ3n) is 3.31. The Morgan fingerprint density at radius 1 is 1.38 bits per heavy atom. The normalized spacial score (nSPS) is 12.9. The van der Waals surface area contributed by atoms with Crippen LogP contribution in [0.25, 0.3) is 0 Å². The molecule has 2 aromatic rings. The predicted molar refractivity (Wildman–Crippen MR) is 90.7 cm³/mol. The highest BCUT2D eigenvalue weighted by Gasteiger charge is 2.19. The molecule has 1 aromatic carbocycles. The minimum atomic E-state index is -0.293. The lowest BCUT2D eigenvalue weighted by atomic mass is 10.0. The van der Waals surface area contributed by atoms with E-state index in [2.05, 4.69) is 38.1 Å². The summed E-state index contributed by atoms with van der Waals surface area (Å²) in [6, 6.07) is 5.87. The van der Waals surface area contributed by atoms with Gasteiger partial charge in [0.2, 0.25) is 0 Å². The number of aromatic nitrogens is 2. The van der Waals surface area contributed by atoms with Crippen LogP contribution in [0.15, 0.2) is 28.9 Å². The predicted octanol–water partition coefficient (Wildman–Crippen LogP) is 3.22. The lowest BCUT2D eigenvalue weighted by Crippen LogP contribution is -2.23. The van der Waals surface area contributed by atoms with E-state index in [9.17, 15) is 0 Å². The lowest BCUT2D eigenvalue weighted by molar-refractivity contribution is 0.368. The first-order chi connectivity index (χ1) is 9.88. The minimum Gasteiger partial charge on any atom is -0.319 e. The quantitative estimate of drug-likeness (QED) is 0.878. The average molecular weight is 372 g/mol. The van der Waals surface area contributed by atoms with Gasteiger partial charge < -0.3 is 10.6 Å². The number of rotatable bonds is 5. The molecule has 1 unspecified atom stereocenters. The molecule has 1 atom stereocenters. The summed E-state index contributed by atoms with van der Waals surface area (Å²) in [5.74, 6) is 0. The summed E-state index contributed by atoms with van der Waals surface area (Å²) in [4.78, 5) is 2.11. The van der Waals surface area contributed by atoms with Crippen molar-refractivity contribution in [2.75, 3.05) is 20.6 Å². The highest BCUT2D eigenvalue weighted by atomic mass is 79.9. The molecule has 21 heavy (non-hydrogen) atoms. The number of hydrogen-bond donors (Lipinski definition) is 1. The number of likely N-dealkylation sites (N-methyl/N-ethyl adjacent to an activating group) is 1. The molecule has 0 fully saturated rings. The molecule has 0 saturated heterocycles. The van der Waals surface area contributed by atoms with Crippen molar-refractivity contribution in [2.45, 2.75) is 19.5 Å². The van der Waals surface area contributed by atoms with Crippen molar-refractivity contribution in [3.05, 3.63) is 50.7 Å². The lowest BCUT2D eigenvalue weighted by Gasteiger charge is -2.18. The van der Waals surface area contributed by atoms with Gasteiger partial charge in [-0.2, -0.15) is 5.10 Å². The van der Waals surface area contributed by atoms with Crippen LogP contribution in [0.2, 0.25) is 5.02 Å². The summed E-state index contributed by atoms with van der Waals surface area (Å²) >= 11 is 9.81. The number of nitrogens with zero attached hydrogens (tertiary/aromatic N) is 3. The summed E-state index contributed by atoms with van der Waals surface area (Å²) in [7, 11) is 4.06. The van der Waals surface area contributed by atoms with Gasteiger partial charge in [-0.3, -0.25) is 4.68 Å². The van der Waals surface area contributed by atoms with E-state index in [-0.39, 0.29) is 6.04 Å². The number of halogens is 2. The number of benzene rings is 1. The standard InChI is InChI=1S/C15H20BrClN4/c1-10-6-11(8-12(16)7-10)14(18)15-13(17)9-19-21(15)5-4-20(2)3/h6-9,14H,4-5,18H2,1-3H3. The summed E-state index contributed by atoms with van der Waals surface area (Å²) in [5.41, 5.74) is 9.47. The molecule has 0 aliphatic rings. The maximum absolute atomic E-state index is 6.43. The summed E-state index contributed by atoms with van der Waals surface area (Å²) < 4.78 is 2.91. The average Bonchev–Trinajstić information content (AvgIpc) is 2.75. The van der Waals surface area contributed by atoms with Gasteiger partial charge in [-0.1, -0.05) is 33.6 Å². The summed E-state index contributed by atoms with van der Waals surface area (Å²) in [6.45, 7) is 3.69. The van der Waals surface area contributed by atoms with Crippen molar-refractivity contribution in [3.63, 3.8) is 0 Å². The van der Waals surface area contributed by atoms with E-state index < -0.39 is 0 Å². The fraction of sp³-hybridized carbons (Fsp3) is 0.400. The van der Waals surface area contributed by atoms with Crippen molar-refractivity contribution in [2.24, 2.45) is 5.73 Å². The first-order valence-corrected chi connectivity index (χ1v) is 7.94. The van der Waals surface area contributed by atoms with Gasteiger partial charge in [-0.25, -0.2) is 0 Å². The second-order valence-electron chi connectivity index (χ2n) is 5.44. The molecule has 0 aliphatic carbocycles. The summed E-state index contributed by atoms with van der Waals surface area (Å²) in [6.07, 6.45) is 1.66. The second-order valence-corrected chi connectivity index (χ2v) is 6.77. The van der Waals surface area contributed by atoms with Crippen LogP contribution in [0.1, 0.15) is 22.9 Å². The van der Waals surface area contributed by atoms with Crippen LogP contribution < -0.4 is 5.73 Å². The van der Waals surface area contributed by atoms with E-state index in [1.807, 2.05) is 31.8 Å². The van der Waals surface area contributed by atoms with E-state index in [4.69, 9.17) is 17.3 Å². The van der Waals surface area contributed by atoms with Gasteiger partial charge in [0.25, 0.3) is 0 Å². The molecule has 2 N–H and O–H groups in total. The largest absolute Gasteiger partial charge is 0.319 e. The van der Waals surface area contributed by atoms with Crippen molar-refractivity contribution < 1.29 is 0 Å². The highest BCUT2D eigenvalue weighted by molar-refractivity contribution is 9.10. The zero-order chi connectivity index (χ0) is 15.6. The molecule has 4 nitrogen and oxygen atoms in total. The van der Waals surface area contributed by atoms with Crippen molar-refractivity contribution in [1.82, 2.24) is 14.7 Å². The Labute approximate surface area is 139 Å². The Balaban J connectivity index is 2.33. The zero-order valence-electron chi connectivity index (χ0n) is 12.5. The smallest absolute Gasteiger partial charge is 0.0837 e. The Bertz CT molecular complexity index is 604. The van der Waals surface area contributed by atoms with Crippen LogP contribution in [0.3, 0.4) is 0 Å². The van der Waals surface area contributed by atoms with Crippen LogP contribution in [0.5, 0.6) is 0 Å². The molecule has 0 saturated carbocycles. The molecule has 0 amide bonds. The Kier molecular flexibility index (Phi) is 5.43. The van der Waals surface area contributed by atoms with Gasteiger partial charge >= 0.3 is 0 Å². The van der Waals surface area contributed by atoms with E-state index >= 15 is 0 Å². The van der Waals surface area contributed by atoms with Gasteiger partial charge in [0.15, 0.2) is 0 Å². The Morgan fingerprint density at radius 3 is 2.71 bits per heavy atom. The number of aryl methyl sites for hydroxylation is 1. The van der Waals surface area contributed by atoms with Crippen LogP contribution in [-0.4, -0.2) is 35.3 Å². The number of hydrogen-bond acceptors (Lipinski definition) is 3. The molecule has 2 rings (SSSR count).